The van der Waals surface area contributed by atoms with Gasteiger partial charge in [0.2, 0.25) is 0 Å². The van der Waals surface area contributed by atoms with Gasteiger partial charge in [-0.1, -0.05) is 11.6 Å². The van der Waals surface area contributed by atoms with Crippen LogP contribution in [0.5, 0.6) is 0 Å². The Balaban J connectivity index is 3.21. The van der Waals surface area contributed by atoms with E-state index in [4.69, 9.17) is 17.3 Å². The average Bonchev–Trinajstić information content (AvgIpc) is 1.97. The molecule has 0 aromatic carbocycles. The van der Waals surface area contributed by atoms with Crippen LogP contribution < -0.4 is 5.73 Å². The highest BCUT2D eigenvalue weighted by Gasteiger charge is 2.01. The summed E-state index contributed by atoms with van der Waals surface area (Å²) in [5.74, 6) is 0. The van der Waals surface area contributed by atoms with Crippen LogP contribution in [0.3, 0.4) is 0 Å². The van der Waals surface area contributed by atoms with E-state index in [0.717, 1.165) is 16.8 Å². The smallest absolute Gasteiger partial charge is 0.133 e. The van der Waals surface area contributed by atoms with Gasteiger partial charge < -0.3 is 5.73 Å². The zero-order valence-corrected chi connectivity index (χ0v) is 7.44. The van der Waals surface area contributed by atoms with Crippen LogP contribution in [0.1, 0.15) is 16.8 Å². The molecule has 11 heavy (non-hydrogen) atoms. The summed E-state index contributed by atoms with van der Waals surface area (Å²) in [7, 11) is 0. The standard InChI is InChI=1S/C8H11ClN2/c1-5-3-7(4-10)8(9)11-6(5)2/h3H,4,10H2,1-2H3. The van der Waals surface area contributed by atoms with Gasteiger partial charge in [-0.05, 0) is 25.5 Å². The molecule has 0 saturated carbocycles. The highest BCUT2D eigenvalue weighted by Crippen LogP contribution is 2.15. The Morgan fingerprint density at radius 2 is 2.18 bits per heavy atom. The largest absolute Gasteiger partial charge is 0.326 e. The number of nitrogens with zero attached hydrogens (tertiary/aromatic N) is 1. The molecule has 0 bridgehead atoms. The van der Waals surface area contributed by atoms with Gasteiger partial charge in [0.15, 0.2) is 0 Å². The molecule has 0 aliphatic carbocycles. The van der Waals surface area contributed by atoms with Gasteiger partial charge in [-0.3, -0.25) is 0 Å². The molecule has 0 unspecified atom stereocenters. The van der Waals surface area contributed by atoms with E-state index in [1.807, 2.05) is 19.9 Å². The predicted molar refractivity (Wildman–Crippen MR) is 46.6 cm³/mol. The van der Waals surface area contributed by atoms with E-state index < -0.39 is 0 Å². The maximum absolute atomic E-state index is 5.81. The van der Waals surface area contributed by atoms with E-state index >= 15 is 0 Å². The van der Waals surface area contributed by atoms with E-state index in [-0.39, 0.29) is 0 Å². The molecule has 0 radical (unpaired) electrons. The van der Waals surface area contributed by atoms with E-state index in [1.54, 1.807) is 0 Å². The van der Waals surface area contributed by atoms with Crippen LogP contribution in [-0.2, 0) is 6.54 Å². The fourth-order valence-corrected chi connectivity index (χ4v) is 1.13. The number of hydrogen-bond donors (Lipinski definition) is 1. The van der Waals surface area contributed by atoms with Crippen molar-refractivity contribution in [3.05, 3.63) is 28.0 Å². The van der Waals surface area contributed by atoms with Crippen molar-refractivity contribution in [2.75, 3.05) is 0 Å². The first-order chi connectivity index (χ1) is 5.15. The zero-order chi connectivity index (χ0) is 8.43. The van der Waals surface area contributed by atoms with Gasteiger partial charge in [-0.2, -0.15) is 0 Å². The predicted octanol–water partition coefficient (Wildman–Crippen LogP) is 1.81. The summed E-state index contributed by atoms with van der Waals surface area (Å²) >= 11 is 5.81. The second-order valence-corrected chi connectivity index (χ2v) is 2.90. The van der Waals surface area contributed by atoms with E-state index in [9.17, 15) is 0 Å². The van der Waals surface area contributed by atoms with Crippen molar-refractivity contribution in [1.29, 1.82) is 0 Å². The fraction of sp³-hybridized carbons (Fsp3) is 0.375. The first-order valence-electron chi connectivity index (χ1n) is 3.48. The molecule has 1 aromatic rings. The third-order valence-electron chi connectivity index (χ3n) is 1.71. The van der Waals surface area contributed by atoms with Gasteiger partial charge >= 0.3 is 0 Å². The molecule has 60 valence electrons. The molecule has 0 fully saturated rings. The zero-order valence-electron chi connectivity index (χ0n) is 6.69. The monoisotopic (exact) mass is 170 g/mol. The van der Waals surface area contributed by atoms with Crippen molar-refractivity contribution < 1.29 is 0 Å². The second kappa shape index (κ2) is 3.20. The van der Waals surface area contributed by atoms with Gasteiger partial charge in [0.05, 0.1) is 0 Å². The fourth-order valence-electron chi connectivity index (χ4n) is 0.876. The molecule has 0 atom stereocenters. The molecule has 2 nitrogen and oxygen atoms in total. The van der Waals surface area contributed by atoms with E-state index in [1.165, 1.54) is 0 Å². The lowest BCUT2D eigenvalue weighted by Gasteiger charge is -2.03. The molecule has 0 saturated heterocycles. The minimum Gasteiger partial charge on any atom is -0.326 e. The third-order valence-corrected chi connectivity index (χ3v) is 2.04. The molecule has 3 heteroatoms. The van der Waals surface area contributed by atoms with Gasteiger partial charge in [-0.25, -0.2) is 4.98 Å². The summed E-state index contributed by atoms with van der Waals surface area (Å²) in [5, 5.41) is 0.524. The molecule has 1 rings (SSSR count). The minimum absolute atomic E-state index is 0.451. The summed E-state index contributed by atoms with van der Waals surface area (Å²) in [4.78, 5) is 4.13. The Morgan fingerprint density at radius 3 is 2.73 bits per heavy atom. The molecular weight excluding hydrogens is 160 g/mol. The van der Waals surface area contributed by atoms with Crippen molar-refractivity contribution >= 4 is 11.6 Å². The van der Waals surface area contributed by atoms with Crippen LogP contribution in [0.25, 0.3) is 0 Å². The Bertz CT molecular complexity index is 271. The topological polar surface area (TPSA) is 38.9 Å². The van der Waals surface area contributed by atoms with Crippen molar-refractivity contribution in [2.45, 2.75) is 20.4 Å². The molecule has 1 aromatic heterocycles. The highest BCUT2D eigenvalue weighted by atomic mass is 35.5. The number of hydrogen-bond acceptors (Lipinski definition) is 2. The van der Waals surface area contributed by atoms with Gasteiger partial charge in [-0.15, -0.1) is 0 Å². The first kappa shape index (κ1) is 8.50. The maximum atomic E-state index is 5.81. The molecular formula is C8H11ClN2. The number of pyridine rings is 1. The van der Waals surface area contributed by atoms with Crippen LogP contribution >= 0.6 is 11.6 Å². The summed E-state index contributed by atoms with van der Waals surface area (Å²) in [6.45, 7) is 4.38. The summed E-state index contributed by atoms with van der Waals surface area (Å²) in [5.41, 5.74) is 8.46. The van der Waals surface area contributed by atoms with Crippen LogP contribution in [0.4, 0.5) is 0 Å². The normalized spacial score (nSPS) is 10.2. The van der Waals surface area contributed by atoms with Crippen LogP contribution in [0.2, 0.25) is 5.15 Å². The lowest BCUT2D eigenvalue weighted by Crippen LogP contribution is -2.00. The average molecular weight is 171 g/mol. The van der Waals surface area contributed by atoms with Crippen molar-refractivity contribution in [3.8, 4) is 0 Å². The molecule has 0 spiro atoms. The number of aryl methyl sites for hydroxylation is 2. The Kier molecular flexibility index (Phi) is 2.47. The van der Waals surface area contributed by atoms with Gasteiger partial charge in [0, 0.05) is 17.8 Å². The van der Waals surface area contributed by atoms with Crippen molar-refractivity contribution in [1.82, 2.24) is 4.98 Å². The highest BCUT2D eigenvalue weighted by molar-refractivity contribution is 6.30. The lowest BCUT2D eigenvalue weighted by molar-refractivity contribution is 1.02. The first-order valence-corrected chi connectivity index (χ1v) is 3.85. The van der Waals surface area contributed by atoms with Crippen LogP contribution in [0, 0.1) is 13.8 Å². The Hall–Kier alpha value is -0.600. The van der Waals surface area contributed by atoms with E-state index in [2.05, 4.69) is 4.98 Å². The molecule has 2 N–H and O–H groups in total. The third kappa shape index (κ3) is 1.70. The van der Waals surface area contributed by atoms with Gasteiger partial charge in [0.1, 0.15) is 5.15 Å². The quantitative estimate of drug-likeness (QED) is 0.653. The van der Waals surface area contributed by atoms with Crippen LogP contribution in [0.15, 0.2) is 6.07 Å². The van der Waals surface area contributed by atoms with Crippen molar-refractivity contribution in [3.63, 3.8) is 0 Å². The summed E-state index contributed by atoms with van der Waals surface area (Å²) in [6.07, 6.45) is 0. The summed E-state index contributed by atoms with van der Waals surface area (Å²) in [6, 6.07) is 1.98. The molecule has 0 amide bonds. The number of rotatable bonds is 1. The molecule has 0 aliphatic heterocycles. The maximum Gasteiger partial charge on any atom is 0.133 e. The molecule has 1 heterocycles. The Morgan fingerprint density at radius 1 is 1.55 bits per heavy atom. The second-order valence-electron chi connectivity index (χ2n) is 2.54. The van der Waals surface area contributed by atoms with Crippen molar-refractivity contribution in [2.24, 2.45) is 5.73 Å². The van der Waals surface area contributed by atoms with Crippen LogP contribution in [-0.4, -0.2) is 4.98 Å². The SMILES string of the molecule is Cc1cc(CN)c(Cl)nc1C. The minimum atomic E-state index is 0.451. The lowest BCUT2D eigenvalue weighted by atomic mass is 10.2. The van der Waals surface area contributed by atoms with Gasteiger partial charge in [0.25, 0.3) is 0 Å². The van der Waals surface area contributed by atoms with E-state index in [0.29, 0.717) is 11.7 Å². The summed E-state index contributed by atoms with van der Waals surface area (Å²) < 4.78 is 0. The Labute approximate surface area is 71.4 Å². The number of halogens is 1. The number of nitrogens with two attached hydrogens (primary N) is 1. The number of aromatic nitrogens is 1. The molecule has 0 aliphatic rings.